The van der Waals surface area contributed by atoms with Crippen LogP contribution in [0.5, 0.6) is 0 Å². The van der Waals surface area contributed by atoms with E-state index in [0.717, 1.165) is 19.4 Å². The van der Waals surface area contributed by atoms with Crippen molar-refractivity contribution in [3.8, 4) is 0 Å². The van der Waals surface area contributed by atoms with Crippen LogP contribution in [0.1, 0.15) is 40.0 Å². The molecule has 3 N–H and O–H groups in total. The SMILES string of the molecule is CC1(C)CC1CNC(=O)C(C)(N)C1CC1. The van der Waals surface area contributed by atoms with Gasteiger partial charge < -0.3 is 11.1 Å². The zero-order chi connectivity index (χ0) is 11.3. The highest BCUT2D eigenvalue weighted by Crippen LogP contribution is 2.51. The Labute approximate surface area is 91.8 Å². The molecule has 86 valence electrons. The van der Waals surface area contributed by atoms with Crippen molar-refractivity contribution in [3.63, 3.8) is 0 Å². The van der Waals surface area contributed by atoms with E-state index in [9.17, 15) is 4.79 Å². The molecule has 0 heterocycles. The Morgan fingerprint density at radius 3 is 2.47 bits per heavy atom. The molecule has 2 aliphatic carbocycles. The first-order chi connectivity index (χ1) is 6.84. The highest BCUT2D eigenvalue weighted by molar-refractivity contribution is 5.86. The molecule has 0 radical (unpaired) electrons. The predicted octanol–water partition coefficient (Wildman–Crippen LogP) is 1.28. The van der Waals surface area contributed by atoms with Gasteiger partial charge in [-0.05, 0) is 43.4 Å². The van der Waals surface area contributed by atoms with E-state index in [2.05, 4.69) is 19.2 Å². The minimum Gasteiger partial charge on any atom is -0.354 e. The molecule has 2 aliphatic rings. The number of hydrogen-bond donors (Lipinski definition) is 2. The maximum Gasteiger partial charge on any atom is 0.240 e. The fourth-order valence-corrected chi connectivity index (χ4v) is 2.20. The number of amides is 1. The number of nitrogens with two attached hydrogens (primary N) is 1. The summed E-state index contributed by atoms with van der Waals surface area (Å²) in [4.78, 5) is 11.9. The normalized spacial score (nSPS) is 31.9. The Hall–Kier alpha value is -0.570. The molecular formula is C12H22N2O. The summed E-state index contributed by atoms with van der Waals surface area (Å²) in [6.45, 7) is 7.14. The predicted molar refractivity (Wildman–Crippen MR) is 60.2 cm³/mol. The number of carbonyl (C=O) groups excluding carboxylic acids is 1. The summed E-state index contributed by atoms with van der Waals surface area (Å²) in [5.41, 5.74) is 5.82. The van der Waals surface area contributed by atoms with Crippen molar-refractivity contribution in [2.24, 2.45) is 23.0 Å². The Morgan fingerprint density at radius 2 is 2.07 bits per heavy atom. The fourth-order valence-electron chi connectivity index (χ4n) is 2.20. The van der Waals surface area contributed by atoms with Crippen molar-refractivity contribution < 1.29 is 4.79 Å². The minimum atomic E-state index is -0.640. The third kappa shape index (κ3) is 2.17. The van der Waals surface area contributed by atoms with Crippen LogP contribution in [0.15, 0.2) is 0 Å². The van der Waals surface area contributed by atoms with Crippen molar-refractivity contribution in [3.05, 3.63) is 0 Å². The molecule has 2 rings (SSSR count). The molecule has 3 nitrogen and oxygen atoms in total. The van der Waals surface area contributed by atoms with Crippen LogP contribution in [-0.2, 0) is 4.79 Å². The van der Waals surface area contributed by atoms with Crippen LogP contribution in [0.4, 0.5) is 0 Å². The van der Waals surface area contributed by atoms with Gasteiger partial charge in [-0.1, -0.05) is 13.8 Å². The smallest absolute Gasteiger partial charge is 0.240 e. The van der Waals surface area contributed by atoms with Crippen LogP contribution in [0.25, 0.3) is 0 Å². The van der Waals surface area contributed by atoms with Crippen LogP contribution in [-0.4, -0.2) is 18.0 Å². The Bertz CT molecular complexity index is 279. The molecule has 2 fully saturated rings. The van der Waals surface area contributed by atoms with Crippen molar-refractivity contribution in [1.82, 2.24) is 5.32 Å². The van der Waals surface area contributed by atoms with E-state index in [1.165, 1.54) is 6.42 Å². The molecule has 0 aromatic carbocycles. The molecule has 0 bridgehead atoms. The van der Waals surface area contributed by atoms with Gasteiger partial charge in [0.05, 0.1) is 5.54 Å². The average molecular weight is 210 g/mol. The van der Waals surface area contributed by atoms with E-state index in [-0.39, 0.29) is 5.91 Å². The van der Waals surface area contributed by atoms with Crippen LogP contribution >= 0.6 is 0 Å². The average Bonchev–Trinajstić information content (AvgIpc) is 2.97. The summed E-state index contributed by atoms with van der Waals surface area (Å²) in [6.07, 6.45) is 3.43. The summed E-state index contributed by atoms with van der Waals surface area (Å²) >= 11 is 0. The molecule has 1 amide bonds. The van der Waals surface area contributed by atoms with E-state index in [1.54, 1.807) is 0 Å². The van der Waals surface area contributed by atoms with Crippen molar-refractivity contribution in [2.45, 2.75) is 45.6 Å². The maximum atomic E-state index is 11.9. The fraction of sp³-hybridized carbons (Fsp3) is 0.917. The van der Waals surface area contributed by atoms with Gasteiger partial charge in [-0.3, -0.25) is 4.79 Å². The lowest BCUT2D eigenvalue weighted by molar-refractivity contribution is -0.126. The van der Waals surface area contributed by atoms with Crippen molar-refractivity contribution in [1.29, 1.82) is 0 Å². The Balaban J connectivity index is 1.77. The Morgan fingerprint density at radius 1 is 1.53 bits per heavy atom. The molecule has 2 unspecified atom stereocenters. The van der Waals surface area contributed by atoms with E-state index in [0.29, 0.717) is 17.3 Å². The molecule has 2 atom stereocenters. The van der Waals surface area contributed by atoms with Crippen molar-refractivity contribution in [2.75, 3.05) is 6.54 Å². The van der Waals surface area contributed by atoms with Gasteiger partial charge in [-0.15, -0.1) is 0 Å². The Kier molecular flexibility index (Phi) is 2.34. The van der Waals surface area contributed by atoms with Gasteiger partial charge in [0.1, 0.15) is 0 Å². The summed E-state index contributed by atoms with van der Waals surface area (Å²) in [5, 5.41) is 3.00. The summed E-state index contributed by atoms with van der Waals surface area (Å²) < 4.78 is 0. The second-order valence-corrected chi connectivity index (χ2v) is 6.16. The molecule has 0 aromatic rings. The number of nitrogens with one attached hydrogen (secondary N) is 1. The maximum absolute atomic E-state index is 11.9. The molecule has 0 saturated heterocycles. The number of carbonyl (C=O) groups is 1. The number of rotatable bonds is 4. The second-order valence-electron chi connectivity index (χ2n) is 6.16. The van der Waals surface area contributed by atoms with Crippen LogP contribution in [0, 0.1) is 17.3 Å². The first-order valence-corrected chi connectivity index (χ1v) is 5.91. The van der Waals surface area contributed by atoms with Gasteiger partial charge in [0.2, 0.25) is 5.91 Å². The third-order valence-electron chi connectivity index (χ3n) is 4.14. The van der Waals surface area contributed by atoms with E-state index in [1.807, 2.05) is 6.92 Å². The van der Waals surface area contributed by atoms with Gasteiger partial charge in [-0.25, -0.2) is 0 Å². The molecule has 0 aliphatic heterocycles. The highest BCUT2D eigenvalue weighted by atomic mass is 16.2. The lowest BCUT2D eigenvalue weighted by Gasteiger charge is -2.23. The zero-order valence-electron chi connectivity index (χ0n) is 9.97. The van der Waals surface area contributed by atoms with Crippen LogP contribution in [0.2, 0.25) is 0 Å². The van der Waals surface area contributed by atoms with Gasteiger partial charge in [0.15, 0.2) is 0 Å². The van der Waals surface area contributed by atoms with Gasteiger partial charge in [0, 0.05) is 6.54 Å². The summed E-state index contributed by atoms with van der Waals surface area (Å²) in [5.74, 6) is 1.09. The zero-order valence-corrected chi connectivity index (χ0v) is 9.97. The standard InChI is InChI=1S/C12H22N2O/c1-11(2)6-9(11)7-14-10(15)12(3,13)8-4-5-8/h8-9H,4-7,13H2,1-3H3,(H,14,15). The van der Waals surface area contributed by atoms with Gasteiger partial charge >= 0.3 is 0 Å². The first-order valence-electron chi connectivity index (χ1n) is 5.91. The van der Waals surface area contributed by atoms with E-state index >= 15 is 0 Å². The molecule has 2 saturated carbocycles. The lowest BCUT2D eigenvalue weighted by atomic mass is 9.96. The van der Waals surface area contributed by atoms with E-state index in [4.69, 9.17) is 5.73 Å². The summed E-state index contributed by atoms with van der Waals surface area (Å²) in [7, 11) is 0. The largest absolute Gasteiger partial charge is 0.354 e. The summed E-state index contributed by atoms with van der Waals surface area (Å²) in [6, 6.07) is 0. The van der Waals surface area contributed by atoms with Crippen LogP contribution in [0.3, 0.4) is 0 Å². The molecular weight excluding hydrogens is 188 g/mol. The quantitative estimate of drug-likeness (QED) is 0.734. The number of hydrogen-bond acceptors (Lipinski definition) is 2. The van der Waals surface area contributed by atoms with Gasteiger partial charge in [0.25, 0.3) is 0 Å². The topological polar surface area (TPSA) is 55.1 Å². The first kappa shape index (κ1) is 10.9. The third-order valence-corrected chi connectivity index (χ3v) is 4.14. The lowest BCUT2D eigenvalue weighted by Crippen LogP contribution is -2.53. The second kappa shape index (κ2) is 3.21. The highest BCUT2D eigenvalue weighted by Gasteiger charge is 2.47. The van der Waals surface area contributed by atoms with E-state index < -0.39 is 5.54 Å². The monoisotopic (exact) mass is 210 g/mol. The van der Waals surface area contributed by atoms with Gasteiger partial charge in [-0.2, -0.15) is 0 Å². The molecule has 15 heavy (non-hydrogen) atoms. The van der Waals surface area contributed by atoms with Crippen LogP contribution < -0.4 is 11.1 Å². The minimum absolute atomic E-state index is 0.0349. The molecule has 0 aromatic heterocycles. The van der Waals surface area contributed by atoms with Crippen molar-refractivity contribution >= 4 is 5.91 Å². The molecule has 0 spiro atoms. The molecule has 3 heteroatoms.